The van der Waals surface area contributed by atoms with Crippen molar-refractivity contribution in [2.45, 2.75) is 25.1 Å². The number of ether oxygens (including phenoxy) is 1. The first-order valence-corrected chi connectivity index (χ1v) is 5.64. The lowest BCUT2D eigenvalue weighted by Crippen LogP contribution is -2.15. The van der Waals surface area contributed by atoms with Crippen LogP contribution in [0.15, 0.2) is 17.5 Å². The van der Waals surface area contributed by atoms with Crippen LogP contribution in [0, 0.1) is 0 Å². The third-order valence-corrected chi connectivity index (χ3v) is 2.69. The molecule has 0 unspecified atom stereocenters. The van der Waals surface area contributed by atoms with Gasteiger partial charge in [-0.2, -0.15) is 0 Å². The van der Waals surface area contributed by atoms with Gasteiger partial charge in [0.15, 0.2) is 0 Å². The molecule has 2 nitrogen and oxygen atoms in total. The van der Waals surface area contributed by atoms with Gasteiger partial charge in [0.05, 0.1) is 6.61 Å². The molecule has 4 heteroatoms. The van der Waals surface area contributed by atoms with E-state index < -0.39 is 0 Å². The highest BCUT2D eigenvalue weighted by Crippen LogP contribution is 2.18. The van der Waals surface area contributed by atoms with Crippen LogP contribution in [0.2, 0.25) is 0 Å². The standard InChI is InChI=1S/C10H13ClO2S/c1-10(2,11)5-6-13-9(12)8-4-3-7-14-8/h3-4,7H,5-6H2,1-2H3. The van der Waals surface area contributed by atoms with E-state index in [0.717, 1.165) is 0 Å². The number of alkyl halides is 1. The van der Waals surface area contributed by atoms with Gasteiger partial charge in [-0.1, -0.05) is 6.07 Å². The second-order valence-corrected chi connectivity index (χ2v) is 5.55. The molecular weight excluding hydrogens is 220 g/mol. The fourth-order valence-electron chi connectivity index (χ4n) is 0.852. The molecule has 0 radical (unpaired) electrons. The number of hydrogen-bond acceptors (Lipinski definition) is 3. The largest absolute Gasteiger partial charge is 0.461 e. The van der Waals surface area contributed by atoms with Crippen molar-refractivity contribution in [3.63, 3.8) is 0 Å². The van der Waals surface area contributed by atoms with E-state index in [1.165, 1.54) is 11.3 Å². The van der Waals surface area contributed by atoms with Crippen LogP contribution in [-0.4, -0.2) is 17.5 Å². The second kappa shape index (κ2) is 4.80. The average Bonchev–Trinajstić information content (AvgIpc) is 2.53. The molecule has 0 amide bonds. The summed E-state index contributed by atoms with van der Waals surface area (Å²) in [5.74, 6) is -0.263. The van der Waals surface area contributed by atoms with Gasteiger partial charge in [0.2, 0.25) is 0 Å². The maximum Gasteiger partial charge on any atom is 0.348 e. The van der Waals surface area contributed by atoms with E-state index in [2.05, 4.69) is 0 Å². The number of thiophene rings is 1. The van der Waals surface area contributed by atoms with Crippen molar-refractivity contribution < 1.29 is 9.53 Å². The molecule has 1 aromatic heterocycles. The van der Waals surface area contributed by atoms with Crippen molar-refractivity contribution >= 4 is 28.9 Å². The van der Waals surface area contributed by atoms with E-state index in [-0.39, 0.29) is 10.8 Å². The van der Waals surface area contributed by atoms with Gasteiger partial charge in [-0.3, -0.25) is 0 Å². The molecule has 0 bridgehead atoms. The van der Waals surface area contributed by atoms with Crippen molar-refractivity contribution in [3.8, 4) is 0 Å². The van der Waals surface area contributed by atoms with Gasteiger partial charge in [0.1, 0.15) is 4.88 Å². The Morgan fingerprint density at radius 2 is 2.36 bits per heavy atom. The Bertz CT molecular complexity index is 288. The smallest absolute Gasteiger partial charge is 0.348 e. The Labute approximate surface area is 92.8 Å². The lowest BCUT2D eigenvalue weighted by molar-refractivity contribution is 0.0498. The number of carbonyl (C=O) groups is 1. The molecule has 0 aliphatic heterocycles. The van der Waals surface area contributed by atoms with E-state index in [1.807, 2.05) is 25.3 Å². The third kappa shape index (κ3) is 4.11. The number of rotatable bonds is 4. The highest BCUT2D eigenvalue weighted by molar-refractivity contribution is 7.11. The Hall–Kier alpha value is -0.540. The summed E-state index contributed by atoms with van der Waals surface area (Å²) < 4.78 is 5.05. The van der Waals surface area contributed by atoms with Gasteiger partial charge < -0.3 is 4.74 Å². The van der Waals surface area contributed by atoms with Crippen LogP contribution < -0.4 is 0 Å². The van der Waals surface area contributed by atoms with Crippen molar-refractivity contribution in [1.29, 1.82) is 0 Å². The number of carbonyl (C=O) groups excluding carboxylic acids is 1. The topological polar surface area (TPSA) is 26.3 Å². The molecule has 0 atom stereocenters. The predicted molar refractivity (Wildman–Crippen MR) is 59.2 cm³/mol. The summed E-state index contributed by atoms with van der Waals surface area (Å²) in [5.41, 5.74) is 0. The van der Waals surface area contributed by atoms with Crippen LogP contribution in [0.1, 0.15) is 29.9 Å². The zero-order valence-electron chi connectivity index (χ0n) is 8.25. The Morgan fingerprint density at radius 1 is 1.64 bits per heavy atom. The average molecular weight is 233 g/mol. The van der Waals surface area contributed by atoms with Crippen LogP contribution in [0.5, 0.6) is 0 Å². The van der Waals surface area contributed by atoms with Crippen molar-refractivity contribution in [2.24, 2.45) is 0 Å². The molecule has 0 aromatic carbocycles. The van der Waals surface area contributed by atoms with Gasteiger partial charge in [-0.05, 0) is 25.3 Å². The summed E-state index contributed by atoms with van der Waals surface area (Å²) in [5, 5.41) is 1.85. The number of hydrogen-bond donors (Lipinski definition) is 0. The minimum absolute atomic E-state index is 0.263. The number of halogens is 1. The first-order valence-electron chi connectivity index (χ1n) is 4.38. The highest BCUT2D eigenvalue weighted by atomic mass is 35.5. The van der Waals surface area contributed by atoms with Crippen molar-refractivity contribution in [1.82, 2.24) is 0 Å². The second-order valence-electron chi connectivity index (χ2n) is 3.58. The molecular formula is C10H13ClO2S. The van der Waals surface area contributed by atoms with E-state index in [0.29, 0.717) is 17.9 Å². The molecule has 0 spiro atoms. The van der Waals surface area contributed by atoms with E-state index in [9.17, 15) is 4.79 Å². The van der Waals surface area contributed by atoms with Gasteiger partial charge in [0, 0.05) is 11.3 Å². The van der Waals surface area contributed by atoms with E-state index in [1.54, 1.807) is 6.07 Å². The monoisotopic (exact) mass is 232 g/mol. The van der Waals surface area contributed by atoms with Crippen LogP contribution in [-0.2, 0) is 4.74 Å². The molecule has 0 saturated heterocycles. The summed E-state index contributed by atoms with van der Waals surface area (Å²) in [6, 6.07) is 3.57. The van der Waals surface area contributed by atoms with Crippen molar-refractivity contribution in [2.75, 3.05) is 6.61 Å². The molecule has 1 heterocycles. The summed E-state index contributed by atoms with van der Waals surface area (Å²) in [6.45, 7) is 4.16. The predicted octanol–water partition coefficient (Wildman–Crippen LogP) is 3.31. The van der Waals surface area contributed by atoms with Crippen LogP contribution in [0.4, 0.5) is 0 Å². The highest BCUT2D eigenvalue weighted by Gasteiger charge is 2.14. The summed E-state index contributed by atoms with van der Waals surface area (Å²) in [6.07, 6.45) is 0.658. The minimum Gasteiger partial charge on any atom is -0.461 e. The quantitative estimate of drug-likeness (QED) is 0.588. The fourth-order valence-corrected chi connectivity index (χ4v) is 1.55. The van der Waals surface area contributed by atoms with Crippen molar-refractivity contribution in [3.05, 3.63) is 22.4 Å². The van der Waals surface area contributed by atoms with Crippen LogP contribution in [0.3, 0.4) is 0 Å². The summed E-state index contributed by atoms with van der Waals surface area (Å²) >= 11 is 7.33. The first-order chi connectivity index (χ1) is 6.49. The van der Waals surface area contributed by atoms with Gasteiger partial charge in [-0.15, -0.1) is 22.9 Å². The molecule has 78 valence electrons. The first kappa shape index (κ1) is 11.5. The Kier molecular flexibility index (Phi) is 3.96. The van der Waals surface area contributed by atoms with Gasteiger partial charge in [-0.25, -0.2) is 4.79 Å². The molecule has 0 saturated carbocycles. The van der Waals surface area contributed by atoms with Crippen LogP contribution in [0.25, 0.3) is 0 Å². The van der Waals surface area contributed by atoms with E-state index >= 15 is 0 Å². The maximum absolute atomic E-state index is 11.3. The van der Waals surface area contributed by atoms with Gasteiger partial charge >= 0.3 is 5.97 Å². The molecule has 0 fully saturated rings. The summed E-state index contributed by atoms with van der Waals surface area (Å²) in [7, 11) is 0. The molecule has 1 rings (SSSR count). The molecule has 14 heavy (non-hydrogen) atoms. The Balaban J connectivity index is 2.30. The van der Waals surface area contributed by atoms with E-state index in [4.69, 9.17) is 16.3 Å². The van der Waals surface area contributed by atoms with Crippen LogP contribution >= 0.6 is 22.9 Å². The number of esters is 1. The van der Waals surface area contributed by atoms with Gasteiger partial charge in [0.25, 0.3) is 0 Å². The maximum atomic E-state index is 11.3. The lowest BCUT2D eigenvalue weighted by atomic mass is 10.1. The molecule has 0 N–H and O–H groups in total. The Morgan fingerprint density at radius 3 is 2.86 bits per heavy atom. The molecule has 1 aromatic rings. The normalized spacial score (nSPS) is 11.4. The minimum atomic E-state index is -0.310. The SMILES string of the molecule is CC(C)(Cl)CCOC(=O)c1cccs1. The molecule has 0 aliphatic rings. The zero-order valence-corrected chi connectivity index (χ0v) is 9.82. The molecule has 0 aliphatic carbocycles. The third-order valence-electron chi connectivity index (χ3n) is 1.65. The lowest BCUT2D eigenvalue weighted by Gasteiger charge is -2.14. The zero-order chi connectivity index (χ0) is 10.6. The fraction of sp³-hybridized carbons (Fsp3) is 0.500. The summed E-state index contributed by atoms with van der Waals surface area (Å²) in [4.78, 5) is 11.7.